The van der Waals surface area contributed by atoms with Gasteiger partial charge in [-0.1, -0.05) is 19.8 Å². The van der Waals surface area contributed by atoms with Crippen LogP contribution in [0, 0.1) is 5.41 Å². The summed E-state index contributed by atoms with van der Waals surface area (Å²) in [6.45, 7) is 2.17. The van der Waals surface area contributed by atoms with Crippen LogP contribution in [-0.4, -0.2) is 25.1 Å². The van der Waals surface area contributed by atoms with Gasteiger partial charge in [0.25, 0.3) is 0 Å². The third kappa shape index (κ3) is 9.55. The summed E-state index contributed by atoms with van der Waals surface area (Å²) in [5, 5.41) is 6.66. The van der Waals surface area contributed by atoms with Crippen LogP contribution in [0.2, 0.25) is 0 Å². The van der Waals surface area contributed by atoms with E-state index >= 15 is 0 Å². The quantitative estimate of drug-likeness (QED) is 0.320. The fraction of sp³-hybridized carbons (Fsp3) is 0.833. The monoisotopic (exact) mass is 107 g/mol. The average molecular weight is 107 g/mol. The first-order valence-corrected chi connectivity index (χ1v) is 2.90. The Kier molecular flexibility index (Phi) is 14.3. The number of rotatable bonds is 4. The van der Waals surface area contributed by atoms with E-state index in [9.17, 15) is 0 Å². The third-order valence-electron chi connectivity index (χ3n) is 0.952. The summed E-state index contributed by atoms with van der Waals surface area (Å²) in [5.74, 6) is 0. The molecule has 8 heavy (non-hydrogen) atoms. The molecule has 44 valence electrons. The first-order valence-electron chi connectivity index (χ1n) is 2.90. The fourth-order valence-corrected chi connectivity index (χ4v) is 0.496. The predicted molar refractivity (Wildman–Crippen MR) is 40.1 cm³/mol. The molecule has 0 saturated heterocycles. The van der Waals surface area contributed by atoms with Gasteiger partial charge < -0.3 is 5.41 Å². The Morgan fingerprint density at radius 3 is 2.38 bits per heavy atom. The molecule has 1 N–H and O–H groups in total. The molecule has 0 rings (SSSR count). The number of hydrogen-bond donors (Lipinski definition) is 1. The van der Waals surface area contributed by atoms with Gasteiger partial charge in [0.05, 0.1) is 0 Å². The van der Waals surface area contributed by atoms with Crippen LogP contribution < -0.4 is 0 Å². The van der Waals surface area contributed by atoms with Gasteiger partial charge in [0, 0.05) is 0 Å². The van der Waals surface area contributed by atoms with Gasteiger partial charge in [0.1, 0.15) is 0 Å². The summed E-state index contributed by atoms with van der Waals surface area (Å²) in [4.78, 5) is 0. The van der Waals surface area contributed by atoms with Gasteiger partial charge in [-0.05, 0) is 19.1 Å². The van der Waals surface area contributed by atoms with Crippen molar-refractivity contribution in [2.75, 3.05) is 0 Å². The fourth-order valence-electron chi connectivity index (χ4n) is 0.496. The maximum atomic E-state index is 6.66. The normalized spacial score (nSPS) is 7.62. The van der Waals surface area contributed by atoms with E-state index in [1.165, 1.54) is 25.5 Å². The predicted octanol–water partition coefficient (Wildman–Crippen LogP) is 1.57. The molecule has 0 aromatic heterocycles. The van der Waals surface area contributed by atoms with Crippen molar-refractivity contribution < 1.29 is 0 Å². The molecular formula is C6H14LiN. The van der Waals surface area contributed by atoms with Crippen LogP contribution in [-0.2, 0) is 0 Å². The minimum atomic E-state index is 0. The average Bonchev–Trinajstić information content (AvgIpc) is 1.69. The molecule has 0 unspecified atom stereocenters. The van der Waals surface area contributed by atoms with E-state index in [0.717, 1.165) is 6.42 Å². The van der Waals surface area contributed by atoms with Crippen LogP contribution >= 0.6 is 0 Å². The van der Waals surface area contributed by atoms with Crippen molar-refractivity contribution in [2.45, 2.75) is 32.6 Å². The van der Waals surface area contributed by atoms with Gasteiger partial charge in [-0.3, -0.25) is 0 Å². The zero-order valence-electron chi connectivity index (χ0n) is 4.91. The second kappa shape index (κ2) is 10.3. The third-order valence-corrected chi connectivity index (χ3v) is 0.952. The van der Waals surface area contributed by atoms with Crippen molar-refractivity contribution >= 4 is 25.1 Å². The Morgan fingerprint density at radius 2 is 2.00 bits per heavy atom. The standard InChI is InChI=1S/C6H13N.Li.H/c1-2-3-4-5-6-7;;/h6-7H,2-5H2,1H3;;. The maximum absolute atomic E-state index is 6.66. The summed E-state index contributed by atoms with van der Waals surface area (Å²) < 4.78 is 0. The van der Waals surface area contributed by atoms with Crippen LogP contribution in [0.1, 0.15) is 32.6 Å². The van der Waals surface area contributed by atoms with Gasteiger partial charge in [-0.25, -0.2) is 0 Å². The molecule has 0 aromatic carbocycles. The molecule has 0 spiro atoms. The van der Waals surface area contributed by atoms with Crippen molar-refractivity contribution in [3.05, 3.63) is 0 Å². The Labute approximate surface area is 63.5 Å². The topological polar surface area (TPSA) is 23.9 Å². The Bertz CT molecular complexity index is 45.8. The van der Waals surface area contributed by atoms with E-state index < -0.39 is 0 Å². The first-order chi connectivity index (χ1) is 3.41. The zero-order valence-corrected chi connectivity index (χ0v) is 4.91. The molecule has 0 aliphatic heterocycles. The van der Waals surface area contributed by atoms with E-state index in [4.69, 9.17) is 5.41 Å². The van der Waals surface area contributed by atoms with E-state index in [-0.39, 0.29) is 18.9 Å². The zero-order chi connectivity index (χ0) is 5.54. The summed E-state index contributed by atoms with van der Waals surface area (Å²) in [6, 6.07) is 0. The number of hydrogen-bond acceptors (Lipinski definition) is 1. The number of nitrogens with one attached hydrogen (secondary N) is 1. The SMILES string of the molecule is CCCCCC=N.[LiH]. The second-order valence-corrected chi connectivity index (χ2v) is 1.70. The van der Waals surface area contributed by atoms with Crippen LogP contribution in [0.15, 0.2) is 0 Å². The van der Waals surface area contributed by atoms with Gasteiger partial charge in [0.2, 0.25) is 0 Å². The first kappa shape index (κ1) is 11.1. The van der Waals surface area contributed by atoms with Crippen LogP contribution in [0.25, 0.3) is 0 Å². The van der Waals surface area contributed by atoms with Gasteiger partial charge in [-0.2, -0.15) is 0 Å². The van der Waals surface area contributed by atoms with Gasteiger partial charge in [-0.15, -0.1) is 0 Å². The van der Waals surface area contributed by atoms with E-state index in [1.807, 2.05) is 0 Å². The second-order valence-electron chi connectivity index (χ2n) is 1.70. The molecule has 0 amide bonds. The Hall–Kier alpha value is 0.267. The van der Waals surface area contributed by atoms with Crippen molar-refractivity contribution in [2.24, 2.45) is 0 Å². The van der Waals surface area contributed by atoms with Crippen molar-refractivity contribution in [3.8, 4) is 0 Å². The molecule has 0 saturated carbocycles. The molecule has 0 atom stereocenters. The van der Waals surface area contributed by atoms with E-state index in [1.54, 1.807) is 0 Å². The summed E-state index contributed by atoms with van der Waals surface area (Å²) >= 11 is 0. The molecule has 0 heterocycles. The van der Waals surface area contributed by atoms with E-state index in [0.29, 0.717) is 0 Å². The Morgan fingerprint density at radius 1 is 1.38 bits per heavy atom. The van der Waals surface area contributed by atoms with Crippen LogP contribution in [0.3, 0.4) is 0 Å². The molecule has 0 aromatic rings. The van der Waals surface area contributed by atoms with E-state index in [2.05, 4.69) is 6.92 Å². The van der Waals surface area contributed by atoms with Crippen LogP contribution in [0.5, 0.6) is 0 Å². The minimum absolute atomic E-state index is 0. The Balaban J connectivity index is 0. The summed E-state index contributed by atoms with van der Waals surface area (Å²) in [7, 11) is 0. The molecule has 0 aliphatic carbocycles. The van der Waals surface area contributed by atoms with Gasteiger partial charge in [0.15, 0.2) is 0 Å². The molecule has 2 heteroatoms. The molecule has 0 radical (unpaired) electrons. The number of unbranched alkanes of at least 4 members (excludes halogenated alkanes) is 3. The molecule has 0 fully saturated rings. The van der Waals surface area contributed by atoms with Crippen molar-refractivity contribution in [3.63, 3.8) is 0 Å². The van der Waals surface area contributed by atoms with Gasteiger partial charge >= 0.3 is 18.9 Å². The molecule has 1 nitrogen and oxygen atoms in total. The van der Waals surface area contributed by atoms with Crippen molar-refractivity contribution in [1.29, 1.82) is 5.41 Å². The summed E-state index contributed by atoms with van der Waals surface area (Å²) in [5.41, 5.74) is 0. The van der Waals surface area contributed by atoms with Crippen molar-refractivity contribution in [1.82, 2.24) is 0 Å². The van der Waals surface area contributed by atoms with Crippen LogP contribution in [0.4, 0.5) is 0 Å². The summed E-state index contributed by atoms with van der Waals surface area (Å²) in [6.07, 6.45) is 6.17. The molecule has 0 bridgehead atoms. The molecular weight excluding hydrogens is 93.0 g/mol. The molecule has 0 aliphatic rings.